The van der Waals surface area contributed by atoms with Gasteiger partial charge in [-0.3, -0.25) is 9.78 Å². The number of aryl methyl sites for hydroxylation is 1. The molecule has 0 fully saturated rings. The first-order valence-corrected chi connectivity index (χ1v) is 9.73. The normalized spacial score (nSPS) is 18.5. The standard InChI is InChI=1S/C24H22N2O2/c1-14-6-11-17-19(25-14)13-12-18-22(15-7-9-16(28-2)10-8-15)23-20(26-24(17)18)4-3-5-21(23)27/h6-13,22,26H,3-5H2,1-2H3. The summed E-state index contributed by atoms with van der Waals surface area (Å²) in [5, 5.41) is 4.71. The van der Waals surface area contributed by atoms with Crippen molar-refractivity contribution in [1.29, 1.82) is 0 Å². The molecular weight excluding hydrogens is 348 g/mol. The molecule has 28 heavy (non-hydrogen) atoms. The summed E-state index contributed by atoms with van der Waals surface area (Å²) in [5.74, 6) is 1.01. The molecular formula is C24H22N2O2. The van der Waals surface area contributed by atoms with Crippen molar-refractivity contribution >= 4 is 22.4 Å². The monoisotopic (exact) mass is 370 g/mol. The Bertz CT molecular complexity index is 1130. The first kappa shape index (κ1) is 17.0. The summed E-state index contributed by atoms with van der Waals surface area (Å²) in [5.41, 5.74) is 7.30. The number of hydrogen-bond donors (Lipinski definition) is 1. The fourth-order valence-electron chi connectivity index (χ4n) is 4.48. The number of Topliss-reactive ketones (excluding diaryl/α,β-unsaturated/α-hetero) is 1. The number of carbonyl (C=O) groups excluding carboxylic acids is 1. The van der Waals surface area contributed by atoms with Crippen LogP contribution < -0.4 is 10.1 Å². The van der Waals surface area contributed by atoms with Crippen LogP contribution in [0.1, 0.15) is 42.0 Å². The van der Waals surface area contributed by atoms with Gasteiger partial charge in [0.2, 0.25) is 0 Å². The first-order valence-electron chi connectivity index (χ1n) is 9.73. The van der Waals surface area contributed by atoms with E-state index in [9.17, 15) is 4.79 Å². The minimum Gasteiger partial charge on any atom is -0.497 e. The first-order chi connectivity index (χ1) is 13.7. The van der Waals surface area contributed by atoms with E-state index in [2.05, 4.69) is 40.6 Å². The molecule has 1 aliphatic heterocycles. The number of fused-ring (bicyclic) bond motifs is 3. The lowest BCUT2D eigenvalue weighted by Gasteiger charge is -2.34. The van der Waals surface area contributed by atoms with Gasteiger partial charge in [0.15, 0.2) is 5.78 Å². The van der Waals surface area contributed by atoms with Gasteiger partial charge in [-0.15, -0.1) is 0 Å². The Morgan fingerprint density at radius 3 is 2.64 bits per heavy atom. The maximum Gasteiger partial charge on any atom is 0.161 e. The minimum atomic E-state index is -0.0596. The number of nitrogens with one attached hydrogen (secondary N) is 1. The Morgan fingerprint density at radius 2 is 1.86 bits per heavy atom. The zero-order valence-electron chi connectivity index (χ0n) is 16.1. The average molecular weight is 370 g/mol. The third kappa shape index (κ3) is 2.60. The molecule has 1 unspecified atom stereocenters. The van der Waals surface area contributed by atoms with Crippen LogP contribution in [0.5, 0.6) is 5.75 Å². The number of rotatable bonds is 2. The topological polar surface area (TPSA) is 51.2 Å². The predicted octanol–water partition coefficient (Wildman–Crippen LogP) is 5.12. The Balaban J connectivity index is 1.76. The van der Waals surface area contributed by atoms with Crippen LogP contribution in [0.4, 0.5) is 5.69 Å². The maximum absolute atomic E-state index is 12.9. The quantitative estimate of drug-likeness (QED) is 0.680. The van der Waals surface area contributed by atoms with E-state index >= 15 is 0 Å². The Labute approximate surface area is 164 Å². The second-order valence-corrected chi connectivity index (χ2v) is 7.55. The van der Waals surface area contributed by atoms with E-state index in [0.717, 1.165) is 63.3 Å². The van der Waals surface area contributed by atoms with Crippen LogP contribution in [0.3, 0.4) is 0 Å². The van der Waals surface area contributed by atoms with Crippen LogP contribution in [-0.2, 0) is 4.79 Å². The fourth-order valence-corrected chi connectivity index (χ4v) is 4.48. The van der Waals surface area contributed by atoms with Crippen molar-refractivity contribution in [3.8, 4) is 5.75 Å². The Kier molecular flexibility index (Phi) is 3.93. The van der Waals surface area contributed by atoms with Crippen molar-refractivity contribution < 1.29 is 9.53 Å². The highest BCUT2D eigenvalue weighted by Gasteiger charge is 2.35. The summed E-state index contributed by atoms with van der Waals surface area (Å²) in [4.78, 5) is 17.6. The van der Waals surface area contributed by atoms with E-state index in [1.54, 1.807) is 7.11 Å². The molecule has 1 N–H and O–H groups in total. The third-order valence-electron chi connectivity index (χ3n) is 5.82. The SMILES string of the molecule is COc1ccc(C2C3=C(CCCC3=O)Nc3c2ccc2nc(C)ccc32)cc1. The van der Waals surface area contributed by atoms with E-state index in [-0.39, 0.29) is 11.7 Å². The minimum absolute atomic E-state index is 0.0596. The number of anilines is 1. The number of hydrogen-bond acceptors (Lipinski definition) is 4. The molecule has 1 aromatic heterocycles. The number of carbonyl (C=O) groups is 1. The molecule has 1 atom stereocenters. The molecule has 140 valence electrons. The Hall–Kier alpha value is -3.14. The molecule has 4 heteroatoms. The molecule has 4 nitrogen and oxygen atoms in total. The van der Waals surface area contributed by atoms with Gasteiger partial charge >= 0.3 is 0 Å². The molecule has 5 rings (SSSR count). The predicted molar refractivity (Wildman–Crippen MR) is 111 cm³/mol. The zero-order chi connectivity index (χ0) is 19.3. The third-order valence-corrected chi connectivity index (χ3v) is 5.82. The van der Waals surface area contributed by atoms with Gasteiger partial charge in [-0.1, -0.05) is 18.2 Å². The van der Waals surface area contributed by atoms with E-state index < -0.39 is 0 Å². The number of nitrogens with zero attached hydrogens (tertiary/aromatic N) is 1. The summed E-state index contributed by atoms with van der Waals surface area (Å²) in [6.07, 6.45) is 2.43. The van der Waals surface area contributed by atoms with Gasteiger partial charge in [-0.25, -0.2) is 0 Å². The van der Waals surface area contributed by atoms with E-state index in [1.807, 2.05) is 25.1 Å². The lowest BCUT2D eigenvalue weighted by molar-refractivity contribution is -0.116. The zero-order valence-corrected chi connectivity index (χ0v) is 16.1. The van der Waals surface area contributed by atoms with Crippen LogP contribution in [0, 0.1) is 6.92 Å². The highest BCUT2D eigenvalue weighted by Crippen LogP contribution is 2.47. The molecule has 0 saturated carbocycles. The second-order valence-electron chi connectivity index (χ2n) is 7.55. The summed E-state index contributed by atoms with van der Waals surface area (Å²) in [7, 11) is 1.67. The van der Waals surface area contributed by atoms with Gasteiger partial charge in [0.05, 0.1) is 18.3 Å². The fraction of sp³-hybridized carbons (Fsp3) is 0.250. The lowest BCUT2D eigenvalue weighted by Crippen LogP contribution is -2.27. The molecule has 0 radical (unpaired) electrons. The van der Waals surface area contributed by atoms with Crippen molar-refractivity contribution in [2.24, 2.45) is 0 Å². The average Bonchev–Trinajstić information content (AvgIpc) is 2.72. The maximum atomic E-state index is 12.9. The molecule has 0 spiro atoms. The van der Waals surface area contributed by atoms with Crippen molar-refractivity contribution in [3.63, 3.8) is 0 Å². The molecule has 1 aliphatic carbocycles. The molecule has 0 amide bonds. The summed E-state index contributed by atoms with van der Waals surface area (Å²) >= 11 is 0. The summed E-state index contributed by atoms with van der Waals surface area (Å²) in [6.45, 7) is 2.01. The molecule has 0 bridgehead atoms. The van der Waals surface area contributed by atoms with Crippen LogP contribution in [0.2, 0.25) is 0 Å². The van der Waals surface area contributed by atoms with Crippen molar-refractivity contribution in [3.05, 3.63) is 76.6 Å². The number of benzene rings is 2. The molecule has 3 aromatic rings. The van der Waals surface area contributed by atoms with Gasteiger partial charge < -0.3 is 10.1 Å². The van der Waals surface area contributed by atoms with Crippen LogP contribution in [0.25, 0.3) is 10.9 Å². The number of ketones is 1. The smallest absolute Gasteiger partial charge is 0.161 e. The van der Waals surface area contributed by atoms with Gasteiger partial charge in [0.1, 0.15) is 5.75 Å². The van der Waals surface area contributed by atoms with Crippen molar-refractivity contribution in [2.75, 3.05) is 12.4 Å². The van der Waals surface area contributed by atoms with E-state index in [0.29, 0.717) is 6.42 Å². The van der Waals surface area contributed by atoms with E-state index in [1.165, 1.54) is 0 Å². The van der Waals surface area contributed by atoms with Gasteiger partial charge in [-0.05, 0) is 61.2 Å². The van der Waals surface area contributed by atoms with Crippen molar-refractivity contribution in [2.45, 2.75) is 32.1 Å². The molecule has 0 saturated heterocycles. The highest BCUT2D eigenvalue weighted by atomic mass is 16.5. The number of aromatic nitrogens is 1. The highest BCUT2D eigenvalue weighted by molar-refractivity contribution is 6.04. The van der Waals surface area contributed by atoms with Gasteiger partial charge in [-0.2, -0.15) is 0 Å². The second kappa shape index (κ2) is 6.48. The van der Waals surface area contributed by atoms with Gasteiger partial charge in [0, 0.05) is 34.7 Å². The largest absolute Gasteiger partial charge is 0.497 e. The van der Waals surface area contributed by atoms with E-state index in [4.69, 9.17) is 4.74 Å². The number of pyridine rings is 1. The summed E-state index contributed by atoms with van der Waals surface area (Å²) < 4.78 is 5.32. The molecule has 2 aromatic carbocycles. The number of ether oxygens (including phenoxy) is 1. The van der Waals surface area contributed by atoms with Crippen LogP contribution in [-0.4, -0.2) is 17.9 Å². The summed E-state index contributed by atoms with van der Waals surface area (Å²) in [6, 6.07) is 16.4. The lowest BCUT2D eigenvalue weighted by atomic mass is 9.75. The van der Waals surface area contributed by atoms with Crippen molar-refractivity contribution in [1.82, 2.24) is 4.98 Å². The van der Waals surface area contributed by atoms with Crippen LogP contribution in [0.15, 0.2) is 59.8 Å². The number of methoxy groups -OCH3 is 1. The van der Waals surface area contributed by atoms with Gasteiger partial charge in [0.25, 0.3) is 0 Å². The number of allylic oxidation sites excluding steroid dienone is 2. The molecule has 2 aliphatic rings. The molecule has 2 heterocycles. The Morgan fingerprint density at radius 1 is 1.04 bits per heavy atom. The van der Waals surface area contributed by atoms with Crippen LogP contribution >= 0.6 is 0 Å².